The molecule has 0 aliphatic rings. The first-order valence-electron chi connectivity index (χ1n) is 10.5. The molecule has 4 nitrogen and oxygen atoms in total. The number of allylic oxidation sites excluding steroid dienone is 2. The van der Waals surface area contributed by atoms with Crippen molar-refractivity contribution in [2.45, 2.75) is 92.9 Å². The molecule has 153 valence electrons. The molecule has 0 aromatic heterocycles. The topological polar surface area (TPSA) is 44.8 Å². The molecule has 0 saturated carbocycles. The van der Waals surface area contributed by atoms with Crippen LogP contribution in [-0.2, 0) is 16.2 Å². The summed E-state index contributed by atoms with van der Waals surface area (Å²) in [7, 11) is 0. The number of unbranched alkanes of at least 4 members (excludes halogenated alkanes) is 2. The molecular formula is C21H41AlO4-. The number of carbonyl (C=O) groups excluding carboxylic acids is 1. The van der Waals surface area contributed by atoms with Gasteiger partial charge in [0, 0.05) is 11.8 Å². The van der Waals surface area contributed by atoms with Crippen LogP contribution in [0.5, 0.6) is 0 Å². The molecular weight excluding hydrogens is 343 g/mol. The predicted octanol–water partition coefficient (Wildman–Crippen LogP) is 5.95. The first-order chi connectivity index (χ1) is 12.5. The van der Waals surface area contributed by atoms with E-state index in [0.717, 1.165) is 12.8 Å². The van der Waals surface area contributed by atoms with Crippen molar-refractivity contribution in [2.75, 3.05) is 13.2 Å². The van der Waals surface area contributed by atoms with Crippen molar-refractivity contribution in [1.82, 2.24) is 0 Å². The van der Waals surface area contributed by atoms with E-state index in [1.54, 1.807) is 6.92 Å². The lowest BCUT2D eigenvalue weighted by atomic mass is 10.0. The van der Waals surface area contributed by atoms with Gasteiger partial charge in [0.2, 0.25) is 0 Å². The minimum Gasteiger partial charge on any atom is -0.777 e. The molecule has 2 atom stereocenters. The summed E-state index contributed by atoms with van der Waals surface area (Å²) in [4.78, 5) is 11.3. The molecule has 0 fully saturated rings. The van der Waals surface area contributed by atoms with Gasteiger partial charge in [-0.1, -0.05) is 66.2 Å². The summed E-state index contributed by atoms with van der Waals surface area (Å²) >= 11 is -2.28. The molecule has 1 radical (unpaired) electrons. The fourth-order valence-corrected chi connectivity index (χ4v) is 4.28. The Hall–Kier alpha value is -0.338. The number of hydrogen-bond acceptors (Lipinski definition) is 4. The Kier molecular flexibility index (Phi) is 16.6. The van der Waals surface area contributed by atoms with Crippen LogP contribution < -0.4 is 0 Å². The van der Waals surface area contributed by atoms with Crippen molar-refractivity contribution in [3.8, 4) is 0 Å². The third-order valence-electron chi connectivity index (χ3n) is 4.71. The molecule has 2 unspecified atom stereocenters. The highest BCUT2D eigenvalue weighted by molar-refractivity contribution is 6.36. The van der Waals surface area contributed by atoms with E-state index >= 15 is 0 Å². The van der Waals surface area contributed by atoms with E-state index in [1.165, 1.54) is 51.5 Å². The first kappa shape index (κ1) is 25.7. The molecule has 0 N–H and O–H groups in total. The SMILES string of the molecule is CCCCC(CC)C[O][Al-]([O]CC(CC)CCCC)[O]C(C)=CC(C)=O. The number of ketones is 1. The van der Waals surface area contributed by atoms with Gasteiger partial charge < -0.3 is 11.4 Å². The first-order valence-corrected chi connectivity index (χ1v) is 12.0. The molecule has 0 aliphatic carbocycles. The third kappa shape index (κ3) is 13.8. The van der Waals surface area contributed by atoms with E-state index in [4.69, 9.17) is 11.4 Å². The Morgan fingerprint density at radius 1 is 0.885 bits per heavy atom. The van der Waals surface area contributed by atoms with Crippen molar-refractivity contribution >= 4 is 20.9 Å². The minimum atomic E-state index is -2.28. The second-order valence-electron chi connectivity index (χ2n) is 7.27. The number of rotatable bonds is 17. The minimum absolute atomic E-state index is 0.0148. The maximum atomic E-state index is 11.3. The van der Waals surface area contributed by atoms with Crippen LogP contribution in [0.3, 0.4) is 0 Å². The van der Waals surface area contributed by atoms with Crippen molar-refractivity contribution in [1.29, 1.82) is 0 Å². The van der Waals surface area contributed by atoms with E-state index in [-0.39, 0.29) is 5.78 Å². The van der Waals surface area contributed by atoms with Gasteiger partial charge in [-0.2, -0.15) is 0 Å². The van der Waals surface area contributed by atoms with Crippen LogP contribution in [0.4, 0.5) is 0 Å². The Bertz CT molecular complexity index is 364. The van der Waals surface area contributed by atoms with Crippen molar-refractivity contribution in [3.63, 3.8) is 0 Å². The lowest BCUT2D eigenvalue weighted by Crippen LogP contribution is -2.31. The largest absolute Gasteiger partial charge is 0.777 e. The Morgan fingerprint density at radius 2 is 1.35 bits per heavy atom. The van der Waals surface area contributed by atoms with E-state index in [9.17, 15) is 4.79 Å². The molecule has 0 heterocycles. The van der Waals surface area contributed by atoms with Gasteiger partial charge >= 0.3 is 15.1 Å². The molecule has 26 heavy (non-hydrogen) atoms. The summed E-state index contributed by atoms with van der Waals surface area (Å²) < 4.78 is 18.1. The summed E-state index contributed by atoms with van der Waals surface area (Å²) in [5.41, 5.74) is 0. The Morgan fingerprint density at radius 3 is 1.69 bits per heavy atom. The molecule has 0 rings (SSSR count). The van der Waals surface area contributed by atoms with Crippen LogP contribution in [0.1, 0.15) is 92.9 Å². The highest BCUT2D eigenvalue weighted by atomic mass is 27.3. The van der Waals surface area contributed by atoms with Gasteiger partial charge in [0.1, 0.15) is 0 Å². The lowest BCUT2D eigenvalue weighted by molar-refractivity contribution is -0.112. The monoisotopic (exact) mass is 384 g/mol. The summed E-state index contributed by atoms with van der Waals surface area (Å²) in [5.74, 6) is 1.68. The average Bonchev–Trinajstić information content (AvgIpc) is 2.60. The maximum absolute atomic E-state index is 11.3. The van der Waals surface area contributed by atoms with Crippen LogP contribution in [0, 0.1) is 11.8 Å². The smallest absolute Gasteiger partial charge is 0.653 e. The van der Waals surface area contributed by atoms with E-state index < -0.39 is 15.1 Å². The van der Waals surface area contributed by atoms with Crippen molar-refractivity contribution in [3.05, 3.63) is 11.8 Å². The van der Waals surface area contributed by atoms with Gasteiger partial charge in [0.05, 0.1) is 0 Å². The van der Waals surface area contributed by atoms with Crippen LogP contribution in [-0.4, -0.2) is 34.1 Å². The van der Waals surface area contributed by atoms with Gasteiger partial charge in [-0.15, -0.1) is 0 Å². The van der Waals surface area contributed by atoms with Gasteiger partial charge in [-0.25, -0.2) is 0 Å². The van der Waals surface area contributed by atoms with E-state index in [0.29, 0.717) is 30.8 Å². The highest BCUT2D eigenvalue weighted by Crippen LogP contribution is 2.17. The van der Waals surface area contributed by atoms with Gasteiger partial charge in [0.25, 0.3) is 0 Å². The summed E-state index contributed by atoms with van der Waals surface area (Å²) in [5, 5.41) is 0. The van der Waals surface area contributed by atoms with E-state index in [2.05, 4.69) is 27.7 Å². The van der Waals surface area contributed by atoms with Crippen LogP contribution in [0.15, 0.2) is 11.8 Å². The molecule has 0 spiro atoms. The zero-order chi connectivity index (χ0) is 19.8. The molecule has 5 heteroatoms. The molecule has 0 saturated heterocycles. The second kappa shape index (κ2) is 16.8. The Balaban J connectivity index is 4.69. The molecule has 0 aliphatic heterocycles. The maximum Gasteiger partial charge on any atom is 0.653 e. The summed E-state index contributed by atoms with van der Waals surface area (Å²) in [6.07, 6.45) is 11.0. The predicted molar refractivity (Wildman–Crippen MR) is 110 cm³/mol. The van der Waals surface area contributed by atoms with Crippen LogP contribution in [0.25, 0.3) is 0 Å². The molecule has 0 aromatic rings. The fraction of sp³-hybridized carbons (Fsp3) is 0.857. The standard InChI is InChI=1S/2C8H17O.C5H8O2.Al/c2*1-3-5-6-8(4-2)7-9;1-4(6)3-5(2)7;/h2*8H,3-7H2,1-2H3;3,6H,1-2H3;/q2*-1;;+2/p-1. The van der Waals surface area contributed by atoms with Crippen LogP contribution >= 0.6 is 0 Å². The molecule has 0 aromatic carbocycles. The number of carbonyl (C=O) groups is 1. The fourth-order valence-electron chi connectivity index (χ4n) is 2.81. The second-order valence-corrected chi connectivity index (χ2v) is 8.75. The third-order valence-corrected chi connectivity index (χ3v) is 6.20. The highest BCUT2D eigenvalue weighted by Gasteiger charge is 2.17. The van der Waals surface area contributed by atoms with Crippen molar-refractivity contribution in [2.24, 2.45) is 11.8 Å². The zero-order valence-corrected chi connectivity index (χ0v) is 19.2. The van der Waals surface area contributed by atoms with Crippen LogP contribution in [0.2, 0.25) is 0 Å². The van der Waals surface area contributed by atoms with Gasteiger partial charge in [-0.05, 0) is 51.7 Å². The zero-order valence-electron chi connectivity index (χ0n) is 18.0. The summed E-state index contributed by atoms with van der Waals surface area (Å²) in [6, 6.07) is 0. The normalized spacial score (nSPS) is 14.5. The molecule has 0 bridgehead atoms. The van der Waals surface area contributed by atoms with Gasteiger partial charge in [-0.3, -0.25) is 4.79 Å². The quantitative estimate of drug-likeness (QED) is 0.177. The Labute approximate surface area is 167 Å². The van der Waals surface area contributed by atoms with E-state index in [1.807, 2.05) is 0 Å². The van der Waals surface area contributed by atoms with Crippen molar-refractivity contribution < 1.29 is 16.2 Å². The van der Waals surface area contributed by atoms with Gasteiger partial charge in [0.15, 0.2) is 5.78 Å². The lowest BCUT2D eigenvalue weighted by Gasteiger charge is -2.33. The number of hydrogen-bond donors (Lipinski definition) is 0. The summed E-state index contributed by atoms with van der Waals surface area (Å²) in [6.45, 7) is 13.6. The average molecular weight is 385 g/mol. The molecule has 0 amide bonds.